The summed E-state index contributed by atoms with van der Waals surface area (Å²) in [5, 5.41) is 8.25. The van der Waals surface area contributed by atoms with Crippen molar-refractivity contribution in [3.05, 3.63) is 22.1 Å². The first-order valence-corrected chi connectivity index (χ1v) is 8.65. The van der Waals surface area contributed by atoms with E-state index in [4.69, 9.17) is 14.6 Å². The maximum atomic E-state index is 8.25. The largest absolute Gasteiger partial charge is 0.396 e. The second kappa shape index (κ2) is 14.3. The van der Waals surface area contributed by atoms with E-state index < -0.39 is 0 Å². The van der Waals surface area contributed by atoms with Gasteiger partial charge in [-0.05, 0) is 53.9 Å². The Kier molecular flexibility index (Phi) is 14.5. The van der Waals surface area contributed by atoms with E-state index in [9.17, 15) is 0 Å². The Bertz CT molecular complexity index is 264. The van der Waals surface area contributed by atoms with Crippen LogP contribution in [0.2, 0.25) is 0 Å². The summed E-state index contributed by atoms with van der Waals surface area (Å²) in [6.07, 6.45) is 7.19. The van der Waals surface area contributed by atoms with Gasteiger partial charge in [-0.15, -0.1) is 0 Å². The fraction of sp³-hybridized carbons (Fsp3) is 0.733. The SMILES string of the molecule is C=C(Br)CCCO.C=C(Br)CCCOC1CCCCO1. The van der Waals surface area contributed by atoms with Crippen LogP contribution in [0.15, 0.2) is 22.1 Å². The molecule has 0 amide bonds. The van der Waals surface area contributed by atoms with E-state index >= 15 is 0 Å². The lowest BCUT2D eigenvalue weighted by molar-refractivity contribution is -0.162. The van der Waals surface area contributed by atoms with Crippen molar-refractivity contribution in [1.29, 1.82) is 0 Å². The molecule has 1 N–H and O–H groups in total. The van der Waals surface area contributed by atoms with Crippen molar-refractivity contribution in [1.82, 2.24) is 0 Å². The molecule has 20 heavy (non-hydrogen) atoms. The average molecular weight is 414 g/mol. The van der Waals surface area contributed by atoms with E-state index in [0.717, 1.165) is 54.3 Å². The highest BCUT2D eigenvalue weighted by Crippen LogP contribution is 2.15. The number of aliphatic hydroxyl groups excluding tert-OH is 1. The smallest absolute Gasteiger partial charge is 0.157 e. The van der Waals surface area contributed by atoms with Crippen LogP contribution in [0.25, 0.3) is 0 Å². The Balaban J connectivity index is 0.000000441. The molecule has 0 aromatic carbocycles. The number of hydrogen-bond acceptors (Lipinski definition) is 3. The molecule has 0 radical (unpaired) electrons. The fourth-order valence-corrected chi connectivity index (χ4v) is 2.15. The molecular weight excluding hydrogens is 388 g/mol. The van der Waals surface area contributed by atoms with Crippen LogP contribution in [0.3, 0.4) is 0 Å². The Morgan fingerprint density at radius 1 is 1.15 bits per heavy atom. The fourth-order valence-electron chi connectivity index (χ4n) is 1.59. The highest BCUT2D eigenvalue weighted by Gasteiger charge is 2.13. The van der Waals surface area contributed by atoms with Gasteiger partial charge in [0.2, 0.25) is 0 Å². The number of rotatable bonds is 8. The van der Waals surface area contributed by atoms with Gasteiger partial charge in [-0.25, -0.2) is 0 Å². The Morgan fingerprint density at radius 3 is 2.25 bits per heavy atom. The van der Waals surface area contributed by atoms with Gasteiger partial charge in [0.25, 0.3) is 0 Å². The van der Waals surface area contributed by atoms with Gasteiger partial charge in [0.15, 0.2) is 6.29 Å². The molecule has 1 unspecified atom stereocenters. The average Bonchev–Trinajstić information content (AvgIpc) is 2.43. The van der Waals surface area contributed by atoms with E-state index in [1.165, 1.54) is 12.8 Å². The van der Waals surface area contributed by atoms with Crippen molar-refractivity contribution in [2.75, 3.05) is 19.8 Å². The number of hydrogen-bond donors (Lipinski definition) is 1. The molecule has 0 aromatic rings. The molecule has 1 atom stereocenters. The third kappa shape index (κ3) is 14.7. The van der Waals surface area contributed by atoms with Crippen LogP contribution < -0.4 is 0 Å². The minimum absolute atomic E-state index is 0.0531. The highest BCUT2D eigenvalue weighted by atomic mass is 79.9. The molecule has 5 heteroatoms. The molecule has 0 aliphatic carbocycles. The van der Waals surface area contributed by atoms with E-state index in [1.54, 1.807) is 0 Å². The van der Waals surface area contributed by atoms with Crippen molar-refractivity contribution in [2.24, 2.45) is 0 Å². The molecule has 1 heterocycles. The minimum atomic E-state index is 0.0531. The maximum Gasteiger partial charge on any atom is 0.157 e. The van der Waals surface area contributed by atoms with Crippen molar-refractivity contribution in [3.8, 4) is 0 Å². The normalized spacial score (nSPS) is 18.1. The highest BCUT2D eigenvalue weighted by molar-refractivity contribution is 9.12. The second-order valence-electron chi connectivity index (χ2n) is 4.63. The molecule has 1 aliphatic heterocycles. The lowest BCUT2D eigenvalue weighted by Crippen LogP contribution is -2.22. The van der Waals surface area contributed by atoms with Crippen LogP contribution in [0.5, 0.6) is 0 Å². The van der Waals surface area contributed by atoms with Crippen molar-refractivity contribution < 1.29 is 14.6 Å². The molecule has 0 spiro atoms. The van der Waals surface area contributed by atoms with Crippen LogP contribution in [-0.2, 0) is 9.47 Å². The predicted molar refractivity (Wildman–Crippen MR) is 91.2 cm³/mol. The summed E-state index contributed by atoms with van der Waals surface area (Å²) < 4.78 is 13.0. The Labute approximate surface area is 139 Å². The predicted octanol–water partition coefficient (Wildman–Crippen LogP) is 4.89. The van der Waals surface area contributed by atoms with Gasteiger partial charge in [-0.3, -0.25) is 0 Å². The number of allylic oxidation sites excluding steroid dienone is 2. The van der Waals surface area contributed by atoms with Crippen LogP contribution in [0.4, 0.5) is 0 Å². The van der Waals surface area contributed by atoms with Gasteiger partial charge in [-0.2, -0.15) is 0 Å². The van der Waals surface area contributed by atoms with E-state index in [0.29, 0.717) is 0 Å². The van der Waals surface area contributed by atoms with Gasteiger partial charge in [0, 0.05) is 13.2 Å². The quantitative estimate of drug-likeness (QED) is 0.576. The first-order chi connectivity index (χ1) is 9.56. The number of aliphatic hydroxyl groups is 1. The summed E-state index contributed by atoms with van der Waals surface area (Å²) in [6.45, 7) is 9.25. The summed E-state index contributed by atoms with van der Waals surface area (Å²) in [5.74, 6) is 0. The minimum Gasteiger partial charge on any atom is -0.396 e. The van der Waals surface area contributed by atoms with E-state index in [2.05, 4.69) is 45.0 Å². The lowest BCUT2D eigenvalue weighted by atomic mass is 10.2. The van der Waals surface area contributed by atoms with Crippen LogP contribution >= 0.6 is 31.9 Å². The number of ether oxygens (including phenoxy) is 2. The Morgan fingerprint density at radius 2 is 1.80 bits per heavy atom. The van der Waals surface area contributed by atoms with Crippen LogP contribution in [0, 0.1) is 0 Å². The topological polar surface area (TPSA) is 38.7 Å². The first-order valence-electron chi connectivity index (χ1n) is 7.07. The molecule has 1 rings (SSSR count). The van der Waals surface area contributed by atoms with Crippen molar-refractivity contribution in [3.63, 3.8) is 0 Å². The molecule has 1 fully saturated rings. The third-order valence-corrected chi connectivity index (χ3v) is 3.43. The van der Waals surface area contributed by atoms with Crippen molar-refractivity contribution >= 4 is 31.9 Å². The molecule has 118 valence electrons. The van der Waals surface area contributed by atoms with Gasteiger partial charge in [0.05, 0.1) is 6.61 Å². The van der Waals surface area contributed by atoms with E-state index in [1.807, 2.05) is 0 Å². The summed E-state index contributed by atoms with van der Waals surface area (Å²) in [7, 11) is 0. The zero-order valence-electron chi connectivity index (χ0n) is 12.1. The van der Waals surface area contributed by atoms with Gasteiger partial charge >= 0.3 is 0 Å². The zero-order valence-corrected chi connectivity index (χ0v) is 15.3. The lowest BCUT2D eigenvalue weighted by Gasteiger charge is -2.22. The van der Waals surface area contributed by atoms with E-state index in [-0.39, 0.29) is 12.9 Å². The summed E-state index contributed by atoms with van der Waals surface area (Å²) in [4.78, 5) is 0. The zero-order chi connectivity index (χ0) is 15.2. The first kappa shape index (κ1) is 20.3. The maximum absolute atomic E-state index is 8.25. The van der Waals surface area contributed by atoms with Crippen LogP contribution in [-0.4, -0.2) is 31.2 Å². The number of halogens is 2. The van der Waals surface area contributed by atoms with Crippen LogP contribution in [0.1, 0.15) is 44.9 Å². The van der Waals surface area contributed by atoms with Gasteiger partial charge in [-0.1, -0.05) is 45.0 Å². The molecular formula is C15H26Br2O3. The molecule has 0 bridgehead atoms. The molecule has 0 saturated carbocycles. The molecule has 0 aromatic heterocycles. The van der Waals surface area contributed by atoms with Gasteiger partial charge < -0.3 is 14.6 Å². The molecule has 3 nitrogen and oxygen atoms in total. The molecule has 1 aliphatic rings. The third-order valence-electron chi connectivity index (χ3n) is 2.64. The second-order valence-corrected chi connectivity index (χ2v) is 6.88. The summed E-state index contributed by atoms with van der Waals surface area (Å²) in [6, 6.07) is 0. The standard InChI is InChI=1S/C10H17BrO2.C5H9BrO/c1-9(11)5-4-8-13-10-6-2-3-7-12-10;1-5(6)3-2-4-7/h10H,1-8H2;7H,1-4H2. The summed E-state index contributed by atoms with van der Waals surface area (Å²) >= 11 is 6.49. The summed E-state index contributed by atoms with van der Waals surface area (Å²) in [5.41, 5.74) is 0. The van der Waals surface area contributed by atoms with Gasteiger partial charge in [0.1, 0.15) is 0 Å². The molecule has 1 saturated heterocycles. The van der Waals surface area contributed by atoms with Crippen molar-refractivity contribution in [2.45, 2.75) is 51.2 Å². The monoisotopic (exact) mass is 412 g/mol. The Hall–Kier alpha value is 0.320.